The number of methoxy groups -OCH3 is 1. The summed E-state index contributed by atoms with van der Waals surface area (Å²) in [6.45, 7) is 0. The molecule has 3 rings (SSSR count). The lowest BCUT2D eigenvalue weighted by Crippen LogP contribution is -2.48. The smallest absolute Gasteiger partial charge is 0.225 e. The molecular weight excluding hydrogens is 316 g/mol. The van der Waals surface area contributed by atoms with Crippen LogP contribution in [0.15, 0.2) is 36.4 Å². The first-order chi connectivity index (χ1) is 12.1. The molecule has 1 aromatic carbocycles. The lowest BCUT2D eigenvalue weighted by molar-refractivity contribution is -0.141. The van der Waals surface area contributed by atoms with Gasteiger partial charge in [0.15, 0.2) is 0 Å². The highest BCUT2D eigenvalue weighted by Gasteiger charge is 2.39. The van der Waals surface area contributed by atoms with E-state index in [1.54, 1.807) is 19.1 Å². The summed E-state index contributed by atoms with van der Waals surface area (Å²) in [5.41, 5.74) is 0.972. The van der Waals surface area contributed by atoms with Crippen LogP contribution in [-0.2, 0) is 9.59 Å². The third-order valence-corrected chi connectivity index (χ3v) is 5.27. The zero-order chi connectivity index (χ0) is 17.8. The van der Waals surface area contributed by atoms with Crippen LogP contribution in [0.5, 0.6) is 5.75 Å². The van der Waals surface area contributed by atoms with Gasteiger partial charge in [-0.25, -0.2) is 0 Å². The number of rotatable bonds is 4. The molecule has 1 N–H and O–H groups in total. The van der Waals surface area contributed by atoms with E-state index < -0.39 is 0 Å². The molecule has 1 heterocycles. The van der Waals surface area contributed by atoms with Crippen molar-refractivity contribution in [3.8, 4) is 5.75 Å². The third-order valence-electron chi connectivity index (χ3n) is 5.27. The van der Waals surface area contributed by atoms with Crippen molar-refractivity contribution in [1.82, 2.24) is 10.2 Å². The van der Waals surface area contributed by atoms with Gasteiger partial charge in [0.05, 0.1) is 19.1 Å². The lowest BCUT2D eigenvalue weighted by atomic mass is 9.83. The zero-order valence-corrected chi connectivity index (χ0v) is 14.9. The minimum atomic E-state index is -0.230. The van der Waals surface area contributed by atoms with Crippen LogP contribution in [0.3, 0.4) is 0 Å². The van der Waals surface area contributed by atoms with E-state index in [-0.39, 0.29) is 29.8 Å². The first-order valence-corrected chi connectivity index (χ1v) is 8.95. The van der Waals surface area contributed by atoms with Crippen molar-refractivity contribution in [2.24, 2.45) is 5.92 Å². The van der Waals surface area contributed by atoms with E-state index in [0.29, 0.717) is 12.8 Å². The molecule has 1 saturated heterocycles. The first-order valence-electron chi connectivity index (χ1n) is 8.95. The van der Waals surface area contributed by atoms with Gasteiger partial charge >= 0.3 is 0 Å². The van der Waals surface area contributed by atoms with Gasteiger partial charge in [-0.15, -0.1) is 0 Å². The molecule has 3 atom stereocenters. The Hall–Kier alpha value is -2.30. The predicted octanol–water partition coefficient (Wildman–Crippen LogP) is 2.83. The van der Waals surface area contributed by atoms with Crippen LogP contribution in [0.1, 0.15) is 43.7 Å². The maximum absolute atomic E-state index is 12.9. The maximum Gasteiger partial charge on any atom is 0.225 e. The van der Waals surface area contributed by atoms with E-state index >= 15 is 0 Å². The van der Waals surface area contributed by atoms with Gasteiger partial charge in [-0.2, -0.15) is 0 Å². The van der Waals surface area contributed by atoms with Gasteiger partial charge in [0.25, 0.3) is 0 Å². The number of hydrogen-bond acceptors (Lipinski definition) is 3. The van der Waals surface area contributed by atoms with E-state index in [1.807, 2.05) is 24.3 Å². The minimum Gasteiger partial charge on any atom is -0.497 e. The van der Waals surface area contributed by atoms with Crippen LogP contribution in [0.4, 0.5) is 0 Å². The Labute approximate surface area is 149 Å². The summed E-state index contributed by atoms with van der Waals surface area (Å²) >= 11 is 0. The number of likely N-dealkylation sites (tertiary alicyclic amines) is 1. The summed E-state index contributed by atoms with van der Waals surface area (Å²) in [4.78, 5) is 26.9. The summed E-state index contributed by atoms with van der Waals surface area (Å²) < 4.78 is 5.21. The second-order valence-corrected chi connectivity index (χ2v) is 6.86. The molecule has 5 nitrogen and oxygen atoms in total. The summed E-state index contributed by atoms with van der Waals surface area (Å²) in [7, 11) is 3.42. The van der Waals surface area contributed by atoms with Crippen molar-refractivity contribution in [1.29, 1.82) is 0 Å². The van der Waals surface area contributed by atoms with Crippen LogP contribution in [-0.4, -0.2) is 36.9 Å². The van der Waals surface area contributed by atoms with Crippen molar-refractivity contribution in [2.75, 3.05) is 14.2 Å². The number of amides is 2. The van der Waals surface area contributed by atoms with Crippen LogP contribution in [0.2, 0.25) is 0 Å². The number of hydrogen-bond donors (Lipinski definition) is 1. The number of nitrogens with one attached hydrogen (secondary N) is 1. The minimum absolute atomic E-state index is 0.0560. The molecule has 0 saturated carbocycles. The van der Waals surface area contributed by atoms with Gasteiger partial charge in [-0.1, -0.05) is 24.3 Å². The predicted molar refractivity (Wildman–Crippen MR) is 96.2 cm³/mol. The first kappa shape index (κ1) is 17.5. The number of ether oxygens (including phenoxy) is 1. The van der Waals surface area contributed by atoms with Gasteiger partial charge < -0.3 is 15.0 Å². The monoisotopic (exact) mass is 342 g/mol. The molecule has 0 spiro atoms. The van der Waals surface area contributed by atoms with Gasteiger partial charge in [0.2, 0.25) is 11.8 Å². The lowest BCUT2D eigenvalue weighted by Gasteiger charge is -2.39. The Balaban J connectivity index is 1.80. The molecule has 2 aliphatic rings. The molecule has 1 aliphatic carbocycles. The maximum atomic E-state index is 12.9. The summed E-state index contributed by atoms with van der Waals surface area (Å²) in [5, 5.41) is 3.19. The molecule has 0 bridgehead atoms. The van der Waals surface area contributed by atoms with Gasteiger partial charge in [0.1, 0.15) is 5.75 Å². The number of allylic oxidation sites excluding steroid dienone is 1. The average molecular weight is 342 g/mol. The summed E-state index contributed by atoms with van der Waals surface area (Å²) in [5.74, 6) is 0.691. The molecular formula is C20H26N2O3. The molecule has 134 valence electrons. The highest BCUT2D eigenvalue weighted by Crippen LogP contribution is 2.36. The standard InChI is InChI=1S/C20H26N2O3/c1-22-18(23)13-12-17(20(24)21-15-6-4-3-5-7-15)19(22)14-8-10-16(25-2)11-9-14/h3-4,8-11,15,17,19H,5-7,12-13H2,1-2H3,(H,21,24). The number of piperidine rings is 1. The number of carbonyl (C=O) groups is 2. The van der Waals surface area contributed by atoms with Crippen LogP contribution in [0, 0.1) is 5.92 Å². The highest BCUT2D eigenvalue weighted by atomic mass is 16.5. The van der Waals surface area contributed by atoms with Crippen molar-refractivity contribution in [3.05, 3.63) is 42.0 Å². The Morgan fingerprint density at radius 2 is 1.96 bits per heavy atom. The van der Waals surface area contributed by atoms with Crippen LogP contribution in [0.25, 0.3) is 0 Å². The molecule has 1 aromatic rings. The molecule has 3 unspecified atom stereocenters. The SMILES string of the molecule is COc1ccc(C2C(C(=O)NC3CC=CCC3)CCC(=O)N2C)cc1. The topological polar surface area (TPSA) is 58.6 Å². The fourth-order valence-electron chi connectivity index (χ4n) is 3.80. The van der Waals surface area contributed by atoms with E-state index in [0.717, 1.165) is 30.6 Å². The van der Waals surface area contributed by atoms with Crippen LogP contribution < -0.4 is 10.1 Å². The summed E-state index contributed by atoms with van der Waals surface area (Å²) in [6, 6.07) is 7.62. The van der Waals surface area contributed by atoms with E-state index in [2.05, 4.69) is 17.5 Å². The van der Waals surface area contributed by atoms with E-state index in [1.165, 1.54) is 0 Å². The highest BCUT2D eigenvalue weighted by molar-refractivity contribution is 5.85. The Bertz CT molecular complexity index is 653. The Morgan fingerprint density at radius 1 is 1.20 bits per heavy atom. The second kappa shape index (κ2) is 7.72. The normalized spacial score (nSPS) is 26.4. The number of benzene rings is 1. The largest absolute Gasteiger partial charge is 0.497 e. The molecule has 1 aliphatic heterocycles. The Morgan fingerprint density at radius 3 is 2.60 bits per heavy atom. The quantitative estimate of drug-likeness (QED) is 0.856. The molecule has 25 heavy (non-hydrogen) atoms. The average Bonchev–Trinajstić information content (AvgIpc) is 2.64. The van der Waals surface area contributed by atoms with Crippen molar-refractivity contribution in [3.63, 3.8) is 0 Å². The molecule has 5 heteroatoms. The van der Waals surface area contributed by atoms with Crippen molar-refractivity contribution in [2.45, 2.75) is 44.2 Å². The fourth-order valence-corrected chi connectivity index (χ4v) is 3.80. The van der Waals surface area contributed by atoms with Crippen molar-refractivity contribution >= 4 is 11.8 Å². The van der Waals surface area contributed by atoms with Gasteiger partial charge in [0, 0.05) is 19.5 Å². The van der Waals surface area contributed by atoms with Crippen LogP contribution >= 0.6 is 0 Å². The van der Waals surface area contributed by atoms with Crippen molar-refractivity contribution < 1.29 is 14.3 Å². The summed E-state index contributed by atoms with van der Waals surface area (Å²) in [6.07, 6.45) is 8.19. The molecule has 0 radical (unpaired) electrons. The van der Waals surface area contributed by atoms with E-state index in [4.69, 9.17) is 4.74 Å². The second-order valence-electron chi connectivity index (χ2n) is 6.86. The zero-order valence-electron chi connectivity index (χ0n) is 14.9. The molecule has 0 aromatic heterocycles. The molecule has 1 fully saturated rings. The Kier molecular flexibility index (Phi) is 5.41. The third kappa shape index (κ3) is 3.86. The van der Waals surface area contributed by atoms with E-state index in [9.17, 15) is 9.59 Å². The van der Waals surface area contributed by atoms with Gasteiger partial charge in [-0.05, 0) is 43.4 Å². The number of carbonyl (C=O) groups excluding carboxylic acids is 2. The fraction of sp³-hybridized carbons (Fsp3) is 0.500. The number of nitrogens with zero attached hydrogens (tertiary/aromatic N) is 1. The molecule has 2 amide bonds. The van der Waals surface area contributed by atoms with Gasteiger partial charge in [-0.3, -0.25) is 9.59 Å².